The highest BCUT2D eigenvalue weighted by molar-refractivity contribution is 6.34. The van der Waals surface area contributed by atoms with E-state index in [1.165, 1.54) is 22.7 Å². The fourth-order valence-electron chi connectivity index (χ4n) is 3.70. The van der Waals surface area contributed by atoms with Crippen LogP contribution in [0.25, 0.3) is 16.8 Å². The van der Waals surface area contributed by atoms with Gasteiger partial charge < -0.3 is 15.4 Å². The van der Waals surface area contributed by atoms with Crippen molar-refractivity contribution in [3.8, 4) is 11.3 Å². The van der Waals surface area contributed by atoms with Crippen molar-refractivity contribution in [3.63, 3.8) is 0 Å². The van der Waals surface area contributed by atoms with Crippen LogP contribution in [-0.2, 0) is 4.74 Å². The molecule has 30 heavy (non-hydrogen) atoms. The van der Waals surface area contributed by atoms with Crippen LogP contribution in [0.3, 0.4) is 0 Å². The lowest BCUT2D eigenvalue weighted by atomic mass is 10.0. The van der Waals surface area contributed by atoms with Gasteiger partial charge in [-0.2, -0.15) is 5.10 Å². The van der Waals surface area contributed by atoms with E-state index in [2.05, 4.69) is 5.10 Å². The predicted octanol–water partition coefficient (Wildman–Crippen LogP) is 3.14. The Balaban J connectivity index is 1.63. The number of carbonyl (C=O) groups excluding carboxylic acids is 2. The number of ether oxygens (including phenoxy) is 1. The molecule has 2 N–H and O–H groups in total. The smallest absolute Gasteiger partial charge is 0.267 e. The second-order valence-electron chi connectivity index (χ2n) is 7.18. The lowest BCUT2D eigenvalue weighted by Gasteiger charge is -2.31. The number of hydrogen-bond donors (Lipinski definition) is 1. The topological polar surface area (TPSA) is 89.9 Å². The van der Waals surface area contributed by atoms with Gasteiger partial charge in [-0.15, -0.1) is 0 Å². The number of carbonyl (C=O) groups is 2. The number of nitrogens with zero attached hydrogens (tertiary/aromatic N) is 3. The minimum Gasteiger partial charge on any atom is -0.381 e. The molecule has 2 amide bonds. The van der Waals surface area contributed by atoms with Gasteiger partial charge in [-0.25, -0.2) is 8.91 Å². The molecule has 0 atom stereocenters. The molecular weight excluding hydrogens is 411 g/mol. The van der Waals surface area contributed by atoms with Crippen molar-refractivity contribution in [3.05, 3.63) is 58.5 Å². The molecule has 9 heteroatoms. The third kappa shape index (κ3) is 3.64. The SMILES string of the molecule is COC1CCN(C(=O)c2ccc(-c3ccc4c(Cl)cc(C(N)=O)n4n3)c(F)c2)CC1. The number of likely N-dealkylation sites (tertiary alicyclic amines) is 1. The van der Waals surface area contributed by atoms with E-state index in [9.17, 15) is 14.0 Å². The van der Waals surface area contributed by atoms with Crippen LogP contribution >= 0.6 is 11.6 Å². The summed E-state index contributed by atoms with van der Waals surface area (Å²) in [5, 5.41) is 4.63. The summed E-state index contributed by atoms with van der Waals surface area (Å²) in [6.45, 7) is 1.15. The Morgan fingerprint density at radius 3 is 2.57 bits per heavy atom. The van der Waals surface area contributed by atoms with Crippen molar-refractivity contribution in [1.29, 1.82) is 0 Å². The molecule has 4 rings (SSSR count). The second kappa shape index (κ2) is 8.04. The van der Waals surface area contributed by atoms with Gasteiger partial charge >= 0.3 is 0 Å². The molecule has 0 bridgehead atoms. The number of methoxy groups -OCH3 is 1. The number of amides is 2. The Kier molecular flexibility index (Phi) is 5.44. The number of nitrogens with two attached hydrogens (primary N) is 1. The number of hydrogen-bond acceptors (Lipinski definition) is 4. The van der Waals surface area contributed by atoms with E-state index < -0.39 is 11.7 Å². The van der Waals surface area contributed by atoms with Gasteiger partial charge in [0, 0.05) is 31.3 Å². The average Bonchev–Trinajstić information content (AvgIpc) is 3.09. The Morgan fingerprint density at radius 1 is 1.20 bits per heavy atom. The summed E-state index contributed by atoms with van der Waals surface area (Å²) in [5.41, 5.74) is 6.72. The van der Waals surface area contributed by atoms with Crippen molar-refractivity contribution < 1.29 is 18.7 Å². The third-order valence-electron chi connectivity index (χ3n) is 5.38. The van der Waals surface area contributed by atoms with Gasteiger partial charge in [-0.1, -0.05) is 11.6 Å². The van der Waals surface area contributed by atoms with Gasteiger partial charge in [-0.05, 0) is 49.2 Å². The van der Waals surface area contributed by atoms with Crippen LogP contribution in [0.2, 0.25) is 5.02 Å². The van der Waals surface area contributed by atoms with E-state index in [0.29, 0.717) is 23.6 Å². The van der Waals surface area contributed by atoms with E-state index in [0.717, 1.165) is 12.8 Å². The fourth-order valence-corrected chi connectivity index (χ4v) is 3.94. The first-order valence-electron chi connectivity index (χ1n) is 9.49. The molecule has 3 aromatic rings. The minimum atomic E-state index is -0.694. The number of benzene rings is 1. The number of piperidine rings is 1. The van der Waals surface area contributed by atoms with Gasteiger partial charge in [0.25, 0.3) is 11.8 Å². The van der Waals surface area contributed by atoms with E-state index in [4.69, 9.17) is 22.1 Å². The number of aromatic nitrogens is 2. The van der Waals surface area contributed by atoms with E-state index in [1.54, 1.807) is 30.2 Å². The lowest BCUT2D eigenvalue weighted by molar-refractivity contribution is 0.0350. The Morgan fingerprint density at radius 2 is 1.93 bits per heavy atom. The standard InChI is InChI=1S/C21H20ClFN4O3/c1-30-13-6-8-26(9-7-13)21(29)12-2-3-14(16(23)10-12)17-4-5-18-15(22)11-19(20(24)28)27(18)25-17/h2-5,10-11,13H,6-9H2,1H3,(H2,24,28). The van der Waals surface area contributed by atoms with E-state index >= 15 is 0 Å². The van der Waals surface area contributed by atoms with Crippen molar-refractivity contribution in [2.75, 3.05) is 20.2 Å². The maximum atomic E-state index is 14.9. The molecule has 0 aliphatic carbocycles. The monoisotopic (exact) mass is 430 g/mol. The zero-order valence-corrected chi connectivity index (χ0v) is 17.0. The normalized spacial score (nSPS) is 15.0. The maximum Gasteiger partial charge on any atom is 0.267 e. The molecule has 3 heterocycles. The molecule has 1 fully saturated rings. The van der Waals surface area contributed by atoms with Crippen LogP contribution < -0.4 is 5.73 Å². The minimum absolute atomic E-state index is 0.100. The summed E-state index contributed by atoms with van der Waals surface area (Å²) in [7, 11) is 1.66. The highest BCUT2D eigenvalue weighted by Crippen LogP contribution is 2.27. The highest BCUT2D eigenvalue weighted by atomic mass is 35.5. The zero-order chi connectivity index (χ0) is 21.4. The Hall–Kier alpha value is -2.97. The molecule has 1 aromatic carbocycles. The van der Waals surface area contributed by atoms with E-state index in [-0.39, 0.29) is 34.5 Å². The Bertz CT molecular complexity index is 1140. The summed E-state index contributed by atoms with van der Waals surface area (Å²) in [5.74, 6) is -1.50. The predicted molar refractivity (Wildman–Crippen MR) is 110 cm³/mol. The number of halogens is 2. The first-order valence-corrected chi connectivity index (χ1v) is 9.87. The molecule has 0 spiro atoms. The first-order chi connectivity index (χ1) is 14.4. The van der Waals surface area contributed by atoms with Gasteiger partial charge in [0.2, 0.25) is 0 Å². The van der Waals surface area contributed by atoms with Crippen molar-refractivity contribution in [2.24, 2.45) is 5.73 Å². The van der Waals surface area contributed by atoms with Gasteiger partial charge in [0.05, 0.1) is 22.3 Å². The summed E-state index contributed by atoms with van der Waals surface area (Å²) >= 11 is 6.11. The summed E-state index contributed by atoms with van der Waals surface area (Å²) in [4.78, 5) is 26.1. The molecule has 7 nitrogen and oxygen atoms in total. The highest BCUT2D eigenvalue weighted by Gasteiger charge is 2.24. The molecule has 0 unspecified atom stereocenters. The first kappa shape index (κ1) is 20.3. The van der Waals surface area contributed by atoms with Crippen LogP contribution in [0.15, 0.2) is 36.4 Å². The Labute approximate surface area is 177 Å². The van der Waals surface area contributed by atoms with Crippen LogP contribution in [0.4, 0.5) is 4.39 Å². The molecule has 2 aromatic heterocycles. The van der Waals surface area contributed by atoms with E-state index in [1.807, 2.05) is 0 Å². The molecule has 1 aliphatic heterocycles. The van der Waals surface area contributed by atoms with Crippen molar-refractivity contribution >= 4 is 28.9 Å². The third-order valence-corrected chi connectivity index (χ3v) is 5.68. The molecule has 0 radical (unpaired) electrons. The number of rotatable bonds is 4. The molecule has 1 saturated heterocycles. The summed E-state index contributed by atoms with van der Waals surface area (Å²) < 4.78 is 21.5. The summed E-state index contributed by atoms with van der Waals surface area (Å²) in [6, 6.07) is 8.95. The maximum absolute atomic E-state index is 14.9. The van der Waals surface area contributed by atoms with Crippen LogP contribution in [0.5, 0.6) is 0 Å². The van der Waals surface area contributed by atoms with Crippen LogP contribution in [0.1, 0.15) is 33.7 Å². The fraction of sp³-hybridized carbons (Fsp3) is 0.286. The van der Waals surface area contributed by atoms with Crippen LogP contribution in [0, 0.1) is 5.82 Å². The molecule has 0 saturated carbocycles. The van der Waals surface area contributed by atoms with Gasteiger partial charge in [0.15, 0.2) is 0 Å². The van der Waals surface area contributed by atoms with Gasteiger partial charge in [0.1, 0.15) is 11.5 Å². The second-order valence-corrected chi connectivity index (χ2v) is 7.59. The number of primary amides is 1. The largest absolute Gasteiger partial charge is 0.381 e. The lowest BCUT2D eigenvalue weighted by Crippen LogP contribution is -2.40. The average molecular weight is 431 g/mol. The van der Waals surface area contributed by atoms with Gasteiger partial charge in [-0.3, -0.25) is 9.59 Å². The quantitative estimate of drug-likeness (QED) is 0.688. The number of fused-ring (bicyclic) bond motifs is 1. The van der Waals surface area contributed by atoms with Crippen molar-refractivity contribution in [1.82, 2.24) is 14.5 Å². The zero-order valence-electron chi connectivity index (χ0n) is 16.3. The molecule has 156 valence electrons. The summed E-state index contributed by atoms with van der Waals surface area (Å²) in [6.07, 6.45) is 1.67. The molecule has 1 aliphatic rings. The molecular formula is C21H20ClFN4O3. The van der Waals surface area contributed by atoms with Crippen LogP contribution in [-0.4, -0.2) is 52.6 Å². The van der Waals surface area contributed by atoms with Crippen molar-refractivity contribution in [2.45, 2.75) is 18.9 Å².